The first-order chi connectivity index (χ1) is 52.4. The van der Waals surface area contributed by atoms with Gasteiger partial charge in [-0.2, -0.15) is 40.4 Å². The molecule has 0 bridgehead atoms. The normalized spacial score (nSPS) is 10.3. The van der Waals surface area contributed by atoms with Gasteiger partial charge < -0.3 is 43.3 Å². The van der Waals surface area contributed by atoms with E-state index in [0.29, 0.717) is 90.3 Å². The number of nitriles is 4. The minimum absolute atomic E-state index is 0.00675. The van der Waals surface area contributed by atoms with Crippen LogP contribution < -0.4 is 18.9 Å². The number of rotatable bonds is 37. The van der Waals surface area contributed by atoms with Gasteiger partial charge in [-0.1, -0.05) is 170 Å². The predicted molar refractivity (Wildman–Crippen MR) is 409 cm³/mol. The van der Waals surface area contributed by atoms with Crippen molar-refractivity contribution in [3.63, 3.8) is 0 Å². The molecule has 0 radical (unpaired) electrons. The van der Waals surface area contributed by atoms with Gasteiger partial charge in [0.05, 0.1) is 26.1 Å². The van der Waals surface area contributed by atoms with E-state index in [9.17, 15) is 9.59 Å². The highest BCUT2D eigenvalue weighted by Crippen LogP contribution is 2.23. The number of carbonyl (C=O) groups is 2. The maximum absolute atomic E-state index is 12.7. The van der Waals surface area contributed by atoms with Gasteiger partial charge in [0.1, 0.15) is 97.9 Å². The molecule has 19 heteroatoms. The number of hydrogen-bond acceptors (Lipinski definition) is 15. The highest BCUT2D eigenvalue weighted by atomic mass is 16.5. The molecule has 530 valence electrons. The molecule has 0 N–H and O–H groups in total. The summed E-state index contributed by atoms with van der Waals surface area (Å²) in [7, 11) is 0. The molecular weight excluding hydrogens is 1340 g/mol. The Morgan fingerprint density at radius 3 is 0.935 bits per heavy atom. The van der Waals surface area contributed by atoms with Crippen LogP contribution in [-0.2, 0) is 66.7 Å². The van der Waals surface area contributed by atoms with Gasteiger partial charge in [0, 0.05) is 64.5 Å². The van der Waals surface area contributed by atoms with E-state index < -0.39 is 11.9 Å². The molecule has 8 aromatic rings. The molecule has 0 saturated carbocycles. The standard InChI is InChI=1S/C44H36N6O4.C44H40N6O3/c1-47-42(48-2)19-11-27-50(32-36-14-7-4-8-15-36)34-38-16-9-18-41(28-38)54-44(52)25-24-43(51)53-40-22-20-37(21-23-40)33-49(26-10-17-39(29-45)30-46)31-35-12-5-3-6-13-35;1-47-44(48-2)22-12-24-50(34-38-15-7-4-8-16-38)36-40-18-10-21-43(30-40)53-28-26-51-25-27-52-42-20-9-17-39(29-42)35-49(23-11-19-41(31-45)32-46)33-37-13-5-3-6-14-37/h3-23,26-28H,24-25,31-34H2;3-24,29-30H,25-28,33-36H2/b26-10+,27-11+;23-11+,24-12+. The highest BCUT2D eigenvalue weighted by Gasteiger charge is 2.15. The molecule has 19 nitrogen and oxygen atoms in total. The van der Waals surface area contributed by atoms with Crippen LogP contribution in [0.4, 0.5) is 0 Å². The molecule has 0 atom stereocenters. The van der Waals surface area contributed by atoms with Gasteiger partial charge in [0.2, 0.25) is 0 Å². The molecule has 0 saturated heterocycles. The Labute approximate surface area is 626 Å². The third-order valence-electron chi connectivity index (χ3n) is 15.2. The number of esters is 2. The van der Waals surface area contributed by atoms with Crippen LogP contribution in [0.1, 0.15) is 57.3 Å². The maximum atomic E-state index is 12.7. The number of nitrogens with zero attached hydrogens (tertiary/aromatic N) is 12. The fraction of sp³-hybridized carbons (Fsp3) is 0.159. The van der Waals surface area contributed by atoms with E-state index in [1.165, 1.54) is 24.3 Å². The lowest BCUT2D eigenvalue weighted by molar-refractivity contribution is -0.140. The molecule has 0 aliphatic heterocycles. The lowest BCUT2D eigenvalue weighted by Gasteiger charge is -2.21. The molecule has 0 spiro atoms. The van der Waals surface area contributed by atoms with Gasteiger partial charge >= 0.3 is 23.6 Å². The van der Waals surface area contributed by atoms with Crippen LogP contribution in [0.25, 0.3) is 19.4 Å². The molecule has 8 rings (SSSR count). The SMILES string of the molecule is [C-]#[N+]C(=C/C=C/N(Cc1ccccc1)Cc1cccc(OC(=O)CCC(=O)Oc2ccc(CN(/C=C/C=C(C#N)C#N)Cc3ccccc3)cc2)c1)[N+]#[C-].[C-]#[N+]C(=C/C=C/N(Cc1ccccc1)Cc1cccc(OCCOCCOc2cccc(CN(/C=C/C=C(C#N)C#N)Cc3ccccc3)c2)c1)[N+]#[C-]. The smallest absolute Gasteiger partial charge is 0.491 e. The molecule has 0 heterocycles. The summed E-state index contributed by atoms with van der Waals surface area (Å²) in [5.74, 6) is 1.01. The number of hydrogen-bond donors (Lipinski definition) is 0. The van der Waals surface area contributed by atoms with Crippen LogP contribution in [-0.4, -0.2) is 58.0 Å². The van der Waals surface area contributed by atoms with Crippen LogP contribution in [0.5, 0.6) is 23.0 Å². The van der Waals surface area contributed by atoms with E-state index in [-0.39, 0.29) is 35.6 Å². The summed E-state index contributed by atoms with van der Waals surface area (Å²) in [6.07, 6.45) is 19.8. The van der Waals surface area contributed by atoms with Gasteiger partial charge in [0.25, 0.3) is 0 Å². The highest BCUT2D eigenvalue weighted by molar-refractivity contribution is 5.80. The molecule has 0 amide bonds. The molecule has 0 unspecified atom stereocenters. The average Bonchev–Trinajstić information content (AvgIpc) is 0.899. The summed E-state index contributed by atoms with van der Waals surface area (Å²) in [6, 6.07) is 77.4. The predicted octanol–water partition coefficient (Wildman–Crippen LogP) is 17.5. The zero-order valence-corrected chi connectivity index (χ0v) is 58.8. The third kappa shape index (κ3) is 31.4. The van der Waals surface area contributed by atoms with Crippen molar-refractivity contribution in [3.05, 3.63) is 405 Å². The lowest BCUT2D eigenvalue weighted by Crippen LogP contribution is -2.17. The Morgan fingerprint density at radius 2 is 0.607 bits per heavy atom. The summed E-state index contributed by atoms with van der Waals surface area (Å²) in [5, 5.41) is 36.1. The quantitative estimate of drug-likeness (QED) is 0.00886. The van der Waals surface area contributed by atoms with E-state index in [4.69, 9.17) is 71.0 Å². The van der Waals surface area contributed by atoms with Crippen LogP contribution in [0.2, 0.25) is 0 Å². The van der Waals surface area contributed by atoms with E-state index in [1.807, 2.05) is 223 Å². The van der Waals surface area contributed by atoms with Crippen molar-refractivity contribution in [2.45, 2.75) is 65.2 Å². The first kappa shape index (κ1) is 79.6. The fourth-order valence-electron chi connectivity index (χ4n) is 10.2. The number of allylic oxidation sites excluding steroid dienone is 10. The molecule has 0 aromatic heterocycles. The maximum Gasteiger partial charge on any atom is 0.519 e. The minimum Gasteiger partial charge on any atom is -0.491 e. The third-order valence-corrected chi connectivity index (χ3v) is 15.2. The summed E-state index contributed by atoms with van der Waals surface area (Å²) in [5.41, 5.74) is 8.42. The fourth-order valence-corrected chi connectivity index (χ4v) is 10.2. The molecule has 0 fully saturated rings. The summed E-state index contributed by atoms with van der Waals surface area (Å²) < 4.78 is 28.7. The van der Waals surface area contributed by atoms with Gasteiger partial charge in [0.15, 0.2) is 0 Å². The van der Waals surface area contributed by atoms with Crippen LogP contribution in [0.15, 0.2) is 315 Å². The van der Waals surface area contributed by atoms with Crippen molar-refractivity contribution in [2.75, 3.05) is 26.4 Å². The Balaban J connectivity index is 0.000000298. The summed E-state index contributed by atoms with van der Waals surface area (Å²) in [6.45, 7) is 34.6. The van der Waals surface area contributed by atoms with Crippen LogP contribution in [0.3, 0.4) is 0 Å². The van der Waals surface area contributed by atoms with Gasteiger partial charge in [-0.05, 0) is 154 Å². The molecule has 0 aliphatic carbocycles. The van der Waals surface area contributed by atoms with Crippen molar-refractivity contribution < 1.29 is 33.3 Å². The van der Waals surface area contributed by atoms with E-state index >= 15 is 0 Å². The van der Waals surface area contributed by atoms with Crippen molar-refractivity contribution in [2.24, 2.45) is 0 Å². The van der Waals surface area contributed by atoms with E-state index in [0.717, 1.165) is 56.0 Å². The van der Waals surface area contributed by atoms with E-state index in [2.05, 4.69) is 53.4 Å². The van der Waals surface area contributed by atoms with Crippen LogP contribution in [0, 0.1) is 71.6 Å². The van der Waals surface area contributed by atoms with Gasteiger partial charge in [-0.25, -0.2) is 0 Å². The van der Waals surface area contributed by atoms with E-state index in [1.54, 1.807) is 54.6 Å². The summed E-state index contributed by atoms with van der Waals surface area (Å²) in [4.78, 5) is 46.4. The molecule has 8 aromatic carbocycles. The molecule has 0 aliphatic rings. The van der Waals surface area contributed by atoms with Crippen molar-refractivity contribution in [1.82, 2.24) is 19.6 Å². The van der Waals surface area contributed by atoms with Gasteiger partial charge in [-0.3, -0.25) is 9.59 Å². The first-order valence-electron chi connectivity index (χ1n) is 33.8. The topological polar surface area (TPSA) is 206 Å². The van der Waals surface area contributed by atoms with Crippen molar-refractivity contribution >= 4 is 11.9 Å². The zero-order chi connectivity index (χ0) is 75.7. The second kappa shape index (κ2) is 46.7. The van der Waals surface area contributed by atoms with Gasteiger partial charge in [-0.15, -0.1) is 0 Å². The number of benzene rings is 8. The Morgan fingerprint density at radius 1 is 0.327 bits per heavy atom. The minimum atomic E-state index is -0.575. The second-order valence-corrected chi connectivity index (χ2v) is 23.4. The Hall–Kier alpha value is -14.7. The molecule has 107 heavy (non-hydrogen) atoms. The molecular formula is C88H76N12O7. The number of ether oxygens (including phenoxy) is 5. The lowest BCUT2D eigenvalue weighted by atomic mass is 10.1. The zero-order valence-electron chi connectivity index (χ0n) is 58.8. The summed E-state index contributed by atoms with van der Waals surface area (Å²) >= 11 is 0. The average molecular weight is 1410 g/mol. The first-order valence-corrected chi connectivity index (χ1v) is 33.8. The van der Waals surface area contributed by atoms with Crippen molar-refractivity contribution in [1.29, 1.82) is 21.0 Å². The Kier molecular flexibility index (Phi) is 34.7. The van der Waals surface area contributed by atoms with Crippen LogP contribution >= 0.6 is 0 Å². The number of carbonyl (C=O) groups excluding carboxylic acids is 2. The largest absolute Gasteiger partial charge is 0.519 e. The monoisotopic (exact) mass is 1410 g/mol. The van der Waals surface area contributed by atoms with Crippen molar-refractivity contribution in [3.8, 4) is 47.3 Å². The second-order valence-electron chi connectivity index (χ2n) is 23.4. The Bertz CT molecular complexity index is 4590.